The van der Waals surface area contributed by atoms with E-state index in [9.17, 15) is 9.59 Å². The minimum atomic E-state index is -0.0594. The second kappa shape index (κ2) is 6.42. The van der Waals surface area contributed by atoms with Gasteiger partial charge in [0, 0.05) is 62.2 Å². The summed E-state index contributed by atoms with van der Waals surface area (Å²) < 4.78 is 1.57. The van der Waals surface area contributed by atoms with Crippen molar-refractivity contribution in [2.24, 2.45) is 7.05 Å². The number of H-pyrrole nitrogens is 1. The lowest BCUT2D eigenvalue weighted by molar-refractivity contribution is -0.127. The largest absolute Gasteiger partial charge is 0.366 e. The number of pyridine rings is 2. The molecule has 0 unspecified atom stereocenters. The lowest BCUT2D eigenvalue weighted by atomic mass is 10.0. The minimum Gasteiger partial charge on any atom is -0.366 e. The maximum Gasteiger partial charge on any atom is 0.250 e. The second-order valence-corrected chi connectivity index (χ2v) is 6.87. The lowest BCUT2D eigenvalue weighted by Crippen LogP contribution is -2.59. The average Bonchev–Trinajstić information content (AvgIpc) is 3.05. The highest BCUT2D eigenvalue weighted by Gasteiger charge is 2.32. The Morgan fingerprint density at radius 2 is 2.19 bits per heavy atom. The topological polar surface area (TPSA) is 74.2 Å². The Balaban J connectivity index is 1.62. The zero-order valence-electron chi connectivity index (χ0n) is 15.3. The normalized spacial score (nSPS) is 14.2. The molecule has 27 heavy (non-hydrogen) atoms. The quantitative estimate of drug-likeness (QED) is 0.717. The monoisotopic (exact) mass is 363 g/mol. The summed E-state index contributed by atoms with van der Waals surface area (Å²) in [5.41, 5.74) is 3.75. The molecule has 4 heterocycles. The highest BCUT2D eigenvalue weighted by atomic mass is 16.2. The van der Waals surface area contributed by atoms with Gasteiger partial charge in [-0.2, -0.15) is 0 Å². The van der Waals surface area contributed by atoms with Crippen molar-refractivity contribution in [3.05, 3.63) is 59.8 Å². The summed E-state index contributed by atoms with van der Waals surface area (Å²) in [4.78, 5) is 35.0. The molecule has 1 saturated heterocycles. The van der Waals surface area contributed by atoms with Gasteiger partial charge in [0.2, 0.25) is 11.5 Å². The first-order chi connectivity index (χ1) is 13.0. The van der Waals surface area contributed by atoms with Crippen LogP contribution in [0.4, 0.5) is 5.69 Å². The zero-order valence-corrected chi connectivity index (χ0v) is 15.3. The molecule has 1 N–H and O–H groups in total. The number of aryl methyl sites for hydroxylation is 1. The van der Waals surface area contributed by atoms with Crippen LogP contribution in [0.25, 0.3) is 22.2 Å². The average molecular weight is 363 g/mol. The van der Waals surface area contributed by atoms with E-state index in [1.807, 2.05) is 24.7 Å². The van der Waals surface area contributed by atoms with Crippen LogP contribution in [0.5, 0.6) is 0 Å². The van der Waals surface area contributed by atoms with Gasteiger partial charge in [-0.05, 0) is 18.2 Å². The summed E-state index contributed by atoms with van der Waals surface area (Å²) >= 11 is 0. The van der Waals surface area contributed by atoms with Gasteiger partial charge in [-0.3, -0.25) is 9.59 Å². The number of carbonyl (C=O) groups is 1. The van der Waals surface area contributed by atoms with Crippen LogP contribution in [0.15, 0.2) is 54.2 Å². The van der Waals surface area contributed by atoms with Gasteiger partial charge >= 0.3 is 0 Å². The fourth-order valence-corrected chi connectivity index (χ4v) is 3.39. The van der Waals surface area contributed by atoms with Gasteiger partial charge in [0.05, 0.1) is 17.9 Å². The number of aromatic nitrogens is 3. The summed E-state index contributed by atoms with van der Waals surface area (Å²) in [7, 11) is 3.54. The van der Waals surface area contributed by atoms with Crippen LogP contribution in [-0.2, 0) is 11.8 Å². The molecule has 7 heteroatoms. The van der Waals surface area contributed by atoms with Crippen molar-refractivity contribution >= 4 is 22.6 Å². The summed E-state index contributed by atoms with van der Waals surface area (Å²) in [6.45, 7) is 5.07. The van der Waals surface area contributed by atoms with E-state index in [4.69, 9.17) is 0 Å². The summed E-state index contributed by atoms with van der Waals surface area (Å²) in [5.74, 6) is -0.0594. The molecule has 1 aliphatic rings. The molecule has 0 atom stereocenters. The molecule has 0 spiro atoms. The van der Waals surface area contributed by atoms with Crippen LogP contribution >= 0.6 is 0 Å². The van der Waals surface area contributed by atoms with Crippen LogP contribution in [0.1, 0.15) is 0 Å². The van der Waals surface area contributed by atoms with E-state index in [0.29, 0.717) is 0 Å². The van der Waals surface area contributed by atoms with E-state index < -0.39 is 0 Å². The van der Waals surface area contributed by atoms with E-state index in [-0.39, 0.29) is 17.5 Å². The Morgan fingerprint density at radius 3 is 2.89 bits per heavy atom. The molecular weight excluding hydrogens is 342 g/mol. The highest BCUT2D eigenvalue weighted by Crippen LogP contribution is 2.31. The van der Waals surface area contributed by atoms with E-state index in [1.54, 1.807) is 29.6 Å². The molecule has 1 fully saturated rings. The van der Waals surface area contributed by atoms with Crippen molar-refractivity contribution < 1.29 is 4.79 Å². The first-order valence-electron chi connectivity index (χ1n) is 8.76. The van der Waals surface area contributed by atoms with E-state index in [2.05, 4.69) is 27.5 Å². The van der Waals surface area contributed by atoms with Crippen molar-refractivity contribution in [1.82, 2.24) is 19.4 Å². The fraction of sp³-hybridized carbons (Fsp3) is 0.250. The summed E-state index contributed by atoms with van der Waals surface area (Å²) in [6.07, 6.45) is 6.92. The van der Waals surface area contributed by atoms with Crippen molar-refractivity contribution in [3.63, 3.8) is 0 Å². The maximum atomic E-state index is 11.7. The third-order valence-electron chi connectivity index (χ3n) is 5.21. The molecule has 3 aromatic heterocycles. The molecule has 0 radical (unpaired) electrons. The Morgan fingerprint density at radius 1 is 1.41 bits per heavy atom. The number of anilines is 1. The Kier molecular flexibility index (Phi) is 4.07. The lowest BCUT2D eigenvalue weighted by Gasteiger charge is -2.45. The molecule has 4 rings (SSSR count). The minimum absolute atomic E-state index is 0.0396. The Bertz CT molecular complexity index is 1090. The number of likely N-dealkylation sites (N-methyl/N-ethyl adjacent to an activating group) is 1. The smallest absolute Gasteiger partial charge is 0.250 e. The molecule has 0 bridgehead atoms. The third-order valence-corrected chi connectivity index (χ3v) is 5.21. The third kappa shape index (κ3) is 2.91. The molecule has 1 amide bonds. The van der Waals surface area contributed by atoms with Crippen LogP contribution in [0, 0.1) is 0 Å². The predicted octanol–water partition coefficient (Wildman–Crippen LogP) is 1.76. The second-order valence-electron chi connectivity index (χ2n) is 6.87. The molecule has 3 aromatic rings. The highest BCUT2D eigenvalue weighted by molar-refractivity contribution is 5.95. The van der Waals surface area contributed by atoms with Crippen LogP contribution < -0.4 is 10.5 Å². The van der Waals surface area contributed by atoms with Gasteiger partial charge in [0.1, 0.15) is 5.65 Å². The maximum absolute atomic E-state index is 11.7. The van der Waals surface area contributed by atoms with Gasteiger partial charge in [-0.15, -0.1) is 0 Å². The Hall–Kier alpha value is -3.35. The molecule has 1 aliphatic heterocycles. The number of fused-ring (bicyclic) bond motifs is 1. The van der Waals surface area contributed by atoms with Crippen molar-refractivity contribution in [2.75, 3.05) is 25.0 Å². The number of carbonyl (C=O) groups excluding carboxylic acids is 1. The predicted molar refractivity (Wildman–Crippen MR) is 106 cm³/mol. The molecule has 0 saturated carbocycles. The van der Waals surface area contributed by atoms with Crippen LogP contribution in [-0.4, -0.2) is 51.5 Å². The molecular formula is C20H21N5O2. The van der Waals surface area contributed by atoms with Gasteiger partial charge in [0.25, 0.3) is 0 Å². The van der Waals surface area contributed by atoms with E-state index >= 15 is 0 Å². The summed E-state index contributed by atoms with van der Waals surface area (Å²) in [6, 6.07) is 5.68. The number of aromatic amines is 1. The molecule has 0 aliphatic carbocycles. The standard InChI is InChI=1S/C20H21N5O2/c1-4-18(26)24(3)15-11-25(12-15)14-7-16-17(9-22-20(16)21-8-14)13-5-6-19(27)23(2)10-13/h4-10,15H,1,11-12H2,2-3H3,(H,21,22). The van der Waals surface area contributed by atoms with Crippen LogP contribution in [0.2, 0.25) is 0 Å². The van der Waals surface area contributed by atoms with E-state index in [1.165, 1.54) is 6.08 Å². The van der Waals surface area contributed by atoms with Gasteiger partial charge in [-0.25, -0.2) is 4.98 Å². The first kappa shape index (κ1) is 17.1. The Labute approximate surface area is 156 Å². The molecule has 7 nitrogen and oxygen atoms in total. The number of amides is 1. The van der Waals surface area contributed by atoms with Gasteiger partial charge in [0.15, 0.2) is 0 Å². The van der Waals surface area contributed by atoms with Crippen molar-refractivity contribution in [2.45, 2.75) is 6.04 Å². The first-order valence-corrected chi connectivity index (χ1v) is 8.76. The molecule has 0 aromatic carbocycles. The van der Waals surface area contributed by atoms with Gasteiger partial charge < -0.3 is 19.4 Å². The van der Waals surface area contributed by atoms with Gasteiger partial charge in [-0.1, -0.05) is 6.58 Å². The van der Waals surface area contributed by atoms with Crippen molar-refractivity contribution in [1.29, 1.82) is 0 Å². The zero-order chi connectivity index (χ0) is 19.1. The fourth-order valence-electron chi connectivity index (χ4n) is 3.39. The number of nitrogens with zero attached hydrogens (tertiary/aromatic N) is 4. The van der Waals surface area contributed by atoms with Crippen molar-refractivity contribution in [3.8, 4) is 11.1 Å². The number of hydrogen-bond acceptors (Lipinski definition) is 4. The SMILES string of the molecule is C=CC(=O)N(C)C1CN(c2cnc3[nH]cc(-c4ccc(=O)n(C)c4)c3c2)C1. The number of nitrogens with one attached hydrogen (secondary N) is 1. The summed E-state index contributed by atoms with van der Waals surface area (Å²) in [5, 5.41) is 1.00. The number of rotatable bonds is 4. The molecule has 138 valence electrons. The number of hydrogen-bond donors (Lipinski definition) is 1. The van der Waals surface area contributed by atoms with Crippen LogP contribution in [0.3, 0.4) is 0 Å². The van der Waals surface area contributed by atoms with E-state index in [0.717, 1.165) is 40.9 Å².